The number of likely N-dealkylation sites (N-methyl/N-ethyl adjacent to an activating group) is 1. The second-order valence-corrected chi connectivity index (χ2v) is 6.19. The first-order valence-corrected chi connectivity index (χ1v) is 8.04. The third-order valence-corrected chi connectivity index (χ3v) is 4.41. The number of carbonyl (C=O) groups excluding carboxylic acids is 2. The predicted octanol–water partition coefficient (Wildman–Crippen LogP) is 3.80. The lowest BCUT2D eigenvalue weighted by Gasteiger charge is -2.21. The first kappa shape index (κ1) is 16.6. The van der Waals surface area contributed by atoms with Gasteiger partial charge in [-0.3, -0.25) is 14.5 Å². The zero-order valence-electron chi connectivity index (χ0n) is 12.9. The Bertz CT molecular complexity index is 817. The number of hydrogen-bond acceptors (Lipinski definition) is 3. The van der Waals surface area contributed by atoms with Gasteiger partial charge in [0.2, 0.25) is 0 Å². The Morgan fingerprint density at radius 3 is 2.17 bits per heavy atom. The molecule has 6 heteroatoms. The third kappa shape index (κ3) is 3.03. The fraction of sp³-hybridized carbons (Fsp3) is 0.111. The number of rotatable bonds is 4. The molecule has 0 unspecified atom stereocenters. The van der Waals surface area contributed by atoms with Gasteiger partial charge in [-0.05, 0) is 29.8 Å². The van der Waals surface area contributed by atoms with Crippen molar-refractivity contribution in [3.05, 3.63) is 75.9 Å². The number of hydrogen-bond donors (Lipinski definition) is 0. The molecule has 0 atom stereocenters. The highest BCUT2D eigenvalue weighted by Crippen LogP contribution is 2.30. The van der Waals surface area contributed by atoms with Gasteiger partial charge >= 0.3 is 0 Å². The van der Waals surface area contributed by atoms with Crippen molar-refractivity contribution in [2.75, 3.05) is 11.9 Å². The van der Waals surface area contributed by atoms with Crippen LogP contribution >= 0.6 is 23.2 Å². The van der Waals surface area contributed by atoms with Gasteiger partial charge in [0, 0.05) is 17.8 Å². The molecule has 2 aromatic rings. The van der Waals surface area contributed by atoms with Gasteiger partial charge in [-0.1, -0.05) is 53.5 Å². The lowest BCUT2D eigenvalue weighted by molar-refractivity contribution is -0.138. The van der Waals surface area contributed by atoms with Gasteiger partial charge in [-0.25, -0.2) is 0 Å². The van der Waals surface area contributed by atoms with E-state index in [1.54, 1.807) is 36.2 Å². The van der Waals surface area contributed by atoms with Crippen LogP contribution in [0.25, 0.3) is 0 Å². The number of para-hydroxylation sites is 1. The number of anilines is 1. The minimum atomic E-state index is -0.491. The van der Waals surface area contributed by atoms with Crippen molar-refractivity contribution in [2.24, 2.45) is 0 Å². The highest BCUT2D eigenvalue weighted by molar-refractivity contribution is 6.48. The Kier molecular flexibility index (Phi) is 4.60. The molecule has 0 radical (unpaired) electrons. The molecule has 24 heavy (non-hydrogen) atoms. The molecule has 0 saturated heterocycles. The second kappa shape index (κ2) is 6.67. The molecule has 3 rings (SSSR count). The van der Waals surface area contributed by atoms with Gasteiger partial charge in [-0.2, -0.15) is 0 Å². The Hall–Kier alpha value is -2.30. The maximum absolute atomic E-state index is 12.7. The molecular weight excluding hydrogens is 347 g/mol. The zero-order valence-corrected chi connectivity index (χ0v) is 14.4. The highest BCUT2D eigenvalue weighted by Gasteiger charge is 2.39. The lowest BCUT2D eigenvalue weighted by atomic mass is 10.2. The molecule has 0 fully saturated rings. The summed E-state index contributed by atoms with van der Waals surface area (Å²) in [7, 11) is 1.71. The smallest absolute Gasteiger partial charge is 0.279 e. The SMILES string of the molecule is CN(C1=C(Cl)C(=O)N(Cc2ccc(Cl)cc2)C1=O)c1ccccc1. The maximum Gasteiger partial charge on any atom is 0.279 e. The number of halogens is 2. The van der Waals surface area contributed by atoms with Gasteiger partial charge in [0.1, 0.15) is 10.7 Å². The van der Waals surface area contributed by atoms with Crippen molar-refractivity contribution < 1.29 is 9.59 Å². The predicted molar refractivity (Wildman–Crippen MR) is 94.7 cm³/mol. The molecule has 1 aliphatic heterocycles. The van der Waals surface area contributed by atoms with Crippen molar-refractivity contribution in [1.82, 2.24) is 4.90 Å². The first-order valence-electron chi connectivity index (χ1n) is 7.28. The van der Waals surface area contributed by atoms with Crippen LogP contribution in [0.3, 0.4) is 0 Å². The van der Waals surface area contributed by atoms with Gasteiger partial charge < -0.3 is 4.90 Å². The van der Waals surface area contributed by atoms with E-state index < -0.39 is 11.8 Å². The minimum absolute atomic E-state index is 0.0692. The highest BCUT2D eigenvalue weighted by atomic mass is 35.5. The van der Waals surface area contributed by atoms with Crippen molar-refractivity contribution in [3.63, 3.8) is 0 Å². The molecule has 4 nitrogen and oxygen atoms in total. The van der Waals surface area contributed by atoms with E-state index in [-0.39, 0.29) is 17.3 Å². The Morgan fingerprint density at radius 1 is 0.917 bits per heavy atom. The van der Waals surface area contributed by atoms with E-state index in [1.807, 2.05) is 30.3 Å². The van der Waals surface area contributed by atoms with Gasteiger partial charge in [0.05, 0.1) is 6.54 Å². The van der Waals surface area contributed by atoms with E-state index in [2.05, 4.69) is 0 Å². The van der Waals surface area contributed by atoms with E-state index in [0.717, 1.165) is 16.2 Å². The first-order chi connectivity index (χ1) is 11.5. The van der Waals surface area contributed by atoms with E-state index in [9.17, 15) is 9.59 Å². The minimum Gasteiger partial charge on any atom is -0.339 e. The lowest BCUT2D eigenvalue weighted by Crippen LogP contribution is -2.33. The van der Waals surface area contributed by atoms with Crippen molar-refractivity contribution >= 4 is 40.7 Å². The monoisotopic (exact) mass is 360 g/mol. The Balaban J connectivity index is 1.86. The fourth-order valence-corrected chi connectivity index (χ4v) is 2.96. The number of amides is 2. The molecule has 1 aliphatic rings. The summed E-state index contributed by atoms with van der Waals surface area (Å²) in [4.78, 5) is 27.9. The van der Waals surface area contributed by atoms with Crippen LogP contribution < -0.4 is 4.90 Å². The number of nitrogens with zero attached hydrogens (tertiary/aromatic N) is 2. The molecule has 0 spiro atoms. The van der Waals surface area contributed by atoms with E-state index in [1.165, 1.54) is 0 Å². The topological polar surface area (TPSA) is 40.6 Å². The van der Waals surface area contributed by atoms with Crippen LogP contribution in [0.1, 0.15) is 5.56 Å². The van der Waals surface area contributed by atoms with Crippen LogP contribution in [0.4, 0.5) is 5.69 Å². The van der Waals surface area contributed by atoms with Crippen LogP contribution in [0.2, 0.25) is 5.02 Å². The molecule has 2 amide bonds. The van der Waals surface area contributed by atoms with Crippen molar-refractivity contribution in [3.8, 4) is 0 Å². The van der Waals surface area contributed by atoms with Gasteiger partial charge in [0.15, 0.2) is 0 Å². The molecule has 0 N–H and O–H groups in total. The summed E-state index contributed by atoms with van der Waals surface area (Å²) < 4.78 is 0. The largest absolute Gasteiger partial charge is 0.339 e. The maximum atomic E-state index is 12.7. The van der Waals surface area contributed by atoms with E-state index in [0.29, 0.717) is 5.02 Å². The van der Waals surface area contributed by atoms with Crippen molar-refractivity contribution in [2.45, 2.75) is 6.54 Å². The van der Waals surface area contributed by atoms with Gasteiger partial charge in [0.25, 0.3) is 11.8 Å². The quantitative estimate of drug-likeness (QED) is 0.778. The summed E-state index contributed by atoms with van der Waals surface area (Å²) in [6, 6.07) is 16.3. The molecule has 0 aliphatic carbocycles. The summed E-state index contributed by atoms with van der Waals surface area (Å²) in [5.41, 5.74) is 1.76. The molecule has 122 valence electrons. The summed E-state index contributed by atoms with van der Waals surface area (Å²) in [5.74, 6) is -0.902. The second-order valence-electron chi connectivity index (χ2n) is 5.38. The summed E-state index contributed by atoms with van der Waals surface area (Å²) in [5, 5.41) is 0.527. The summed E-state index contributed by atoms with van der Waals surface area (Å²) in [6.45, 7) is 0.150. The van der Waals surface area contributed by atoms with Crippen LogP contribution in [0, 0.1) is 0 Å². The van der Waals surface area contributed by atoms with Gasteiger partial charge in [-0.15, -0.1) is 0 Å². The summed E-state index contributed by atoms with van der Waals surface area (Å²) >= 11 is 12.0. The van der Waals surface area contributed by atoms with Crippen LogP contribution in [-0.4, -0.2) is 23.8 Å². The standard InChI is InChI=1S/C18H14Cl2N2O2/c1-21(14-5-3-2-4-6-14)16-15(20)17(23)22(18(16)24)11-12-7-9-13(19)10-8-12/h2-10H,11H2,1H3. The Labute approximate surface area is 149 Å². The number of carbonyl (C=O) groups is 2. The number of imide groups is 1. The molecule has 0 bridgehead atoms. The molecule has 0 aromatic heterocycles. The molecule has 1 heterocycles. The normalized spacial score (nSPS) is 14.5. The fourth-order valence-electron chi connectivity index (χ4n) is 2.52. The van der Waals surface area contributed by atoms with Crippen LogP contribution in [0.5, 0.6) is 0 Å². The average molecular weight is 361 g/mol. The molecular formula is C18H14Cl2N2O2. The van der Waals surface area contributed by atoms with E-state index in [4.69, 9.17) is 23.2 Å². The van der Waals surface area contributed by atoms with Crippen LogP contribution in [-0.2, 0) is 16.1 Å². The van der Waals surface area contributed by atoms with Crippen LogP contribution in [0.15, 0.2) is 65.3 Å². The number of benzene rings is 2. The summed E-state index contributed by atoms with van der Waals surface area (Å²) in [6.07, 6.45) is 0. The Morgan fingerprint density at radius 2 is 1.54 bits per heavy atom. The average Bonchev–Trinajstić information content (AvgIpc) is 2.80. The van der Waals surface area contributed by atoms with Crippen molar-refractivity contribution in [1.29, 1.82) is 0 Å². The van der Waals surface area contributed by atoms with E-state index >= 15 is 0 Å². The molecule has 2 aromatic carbocycles. The zero-order chi connectivity index (χ0) is 17.3. The molecule has 0 saturated carbocycles. The third-order valence-electron chi connectivity index (χ3n) is 3.82.